The Kier molecular flexibility index (Phi) is 5.10. The van der Waals surface area contributed by atoms with Crippen LogP contribution in [0, 0.1) is 5.92 Å². The van der Waals surface area contributed by atoms with Gasteiger partial charge in [0, 0.05) is 45.5 Å². The summed E-state index contributed by atoms with van der Waals surface area (Å²) in [4.78, 5) is 14.8. The van der Waals surface area contributed by atoms with Gasteiger partial charge in [-0.15, -0.1) is 0 Å². The quantitative estimate of drug-likeness (QED) is 0.902. The molecule has 25 heavy (non-hydrogen) atoms. The van der Waals surface area contributed by atoms with Crippen molar-refractivity contribution in [2.45, 2.75) is 43.7 Å². The normalized spacial score (nSPS) is 31.4. The zero-order valence-electron chi connectivity index (χ0n) is 14.7. The van der Waals surface area contributed by atoms with E-state index < -0.39 is 0 Å². The van der Waals surface area contributed by atoms with Crippen LogP contribution in [0.25, 0.3) is 0 Å². The Hall–Kier alpha value is -1.37. The summed E-state index contributed by atoms with van der Waals surface area (Å²) in [6.45, 7) is 5.75. The highest BCUT2D eigenvalue weighted by Crippen LogP contribution is 2.35. The number of likely N-dealkylation sites (tertiary alicyclic amines) is 1. The Morgan fingerprint density at radius 2 is 2.16 bits per heavy atom. The van der Waals surface area contributed by atoms with Gasteiger partial charge in [-0.3, -0.25) is 4.79 Å². The molecule has 6 heteroatoms. The lowest BCUT2D eigenvalue weighted by molar-refractivity contribution is -0.0799. The standard InChI is InChI=1S/C19H28N2O4/c22-18(17-2-1-8-24-17)20-16-5-11-25-19(12-16)6-7-21(14-19)13-15-3-9-23-10-4-15/h1-2,8,15-16H,3-7,9-14H2,(H,20,22)/t16-,19+/m0/s1. The predicted octanol–water partition coefficient (Wildman–Crippen LogP) is 2.06. The minimum Gasteiger partial charge on any atom is -0.459 e. The van der Waals surface area contributed by atoms with Crippen LogP contribution >= 0.6 is 0 Å². The monoisotopic (exact) mass is 348 g/mol. The molecular weight excluding hydrogens is 320 g/mol. The van der Waals surface area contributed by atoms with Crippen molar-refractivity contribution >= 4 is 5.91 Å². The number of ether oxygens (including phenoxy) is 2. The van der Waals surface area contributed by atoms with Crippen LogP contribution in [0.3, 0.4) is 0 Å². The van der Waals surface area contributed by atoms with Crippen molar-refractivity contribution in [2.24, 2.45) is 5.92 Å². The van der Waals surface area contributed by atoms with Crippen LogP contribution < -0.4 is 5.32 Å². The minimum absolute atomic E-state index is 0.0927. The van der Waals surface area contributed by atoms with E-state index in [2.05, 4.69) is 10.2 Å². The number of rotatable bonds is 4. The molecule has 3 fully saturated rings. The fourth-order valence-electron chi connectivity index (χ4n) is 4.48. The van der Waals surface area contributed by atoms with Gasteiger partial charge in [0.05, 0.1) is 11.9 Å². The SMILES string of the molecule is O=C(N[C@H]1CCO[C@]2(CCN(CC3CCOCC3)C2)C1)c1ccco1. The van der Waals surface area contributed by atoms with Crippen LogP contribution in [0.1, 0.15) is 42.7 Å². The smallest absolute Gasteiger partial charge is 0.287 e. The first-order valence-corrected chi connectivity index (χ1v) is 9.51. The molecular formula is C19H28N2O4. The molecule has 1 aromatic heterocycles. The van der Waals surface area contributed by atoms with E-state index in [0.717, 1.165) is 58.0 Å². The summed E-state index contributed by atoms with van der Waals surface area (Å²) in [5.41, 5.74) is -0.0927. The van der Waals surface area contributed by atoms with Crippen molar-refractivity contribution in [3.05, 3.63) is 24.2 Å². The summed E-state index contributed by atoms with van der Waals surface area (Å²) in [7, 11) is 0. The summed E-state index contributed by atoms with van der Waals surface area (Å²) < 4.78 is 16.9. The number of carbonyl (C=O) groups excluding carboxylic acids is 1. The van der Waals surface area contributed by atoms with Gasteiger partial charge >= 0.3 is 0 Å². The summed E-state index contributed by atoms with van der Waals surface area (Å²) in [5, 5.41) is 3.12. The topological polar surface area (TPSA) is 63.9 Å². The highest BCUT2D eigenvalue weighted by molar-refractivity contribution is 5.91. The highest BCUT2D eigenvalue weighted by Gasteiger charge is 2.44. The molecule has 1 amide bonds. The summed E-state index contributed by atoms with van der Waals surface area (Å²) in [6, 6.07) is 3.61. The largest absolute Gasteiger partial charge is 0.459 e. The van der Waals surface area contributed by atoms with E-state index in [1.54, 1.807) is 12.1 Å². The van der Waals surface area contributed by atoms with Crippen LogP contribution in [0.2, 0.25) is 0 Å². The van der Waals surface area contributed by atoms with E-state index in [1.165, 1.54) is 19.1 Å². The van der Waals surface area contributed by atoms with Crippen molar-refractivity contribution in [2.75, 3.05) is 39.5 Å². The maximum absolute atomic E-state index is 12.2. The number of nitrogens with zero attached hydrogens (tertiary/aromatic N) is 1. The van der Waals surface area contributed by atoms with Gasteiger partial charge in [0.2, 0.25) is 0 Å². The average Bonchev–Trinajstić information content (AvgIpc) is 3.27. The summed E-state index contributed by atoms with van der Waals surface area (Å²) in [6.07, 6.45) is 6.70. The third kappa shape index (κ3) is 4.07. The van der Waals surface area contributed by atoms with E-state index in [1.807, 2.05) is 0 Å². The molecule has 0 bridgehead atoms. The van der Waals surface area contributed by atoms with Gasteiger partial charge in [-0.2, -0.15) is 0 Å². The third-order valence-corrected chi connectivity index (χ3v) is 5.83. The molecule has 0 unspecified atom stereocenters. The summed E-state index contributed by atoms with van der Waals surface area (Å²) >= 11 is 0. The average molecular weight is 348 g/mol. The molecule has 3 aliphatic rings. The molecule has 0 radical (unpaired) electrons. The highest BCUT2D eigenvalue weighted by atomic mass is 16.5. The van der Waals surface area contributed by atoms with E-state index >= 15 is 0 Å². The molecule has 6 nitrogen and oxygen atoms in total. The predicted molar refractivity (Wildman–Crippen MR) is 92.5 cm³/mol. The first-order valence-electron chi connectivity index (χ1n) is 9.51. The lowest BCUT2D eigenvalue weighted by atomic mass is 9.89. The van der Waals surface area contributed by atoms with Crippen molar-refractivity contribution in [3.8, 4) is 0 Å². The van der Waals surface area contributed by atoms with Crippen LogP contribution in [-0.4, -0.2) is 61.9 Å². The van der Waals surface area contributed by atoms with Crippen molar-refractivity contribution < 1.29 is 18.7 Å². The number of nitrogens with one attached hydrogen (secondary N) is 1. The third-order valence-electron chi connectivity index (χ3n) is 5.83. The fraction of sp³-hybridized carbons (Fsp3) is 0.737. The number of hydrogen-bond acceptors (Lipinski definition) is 5. The van der Waals surface area contributed by atoms with E-state index in [0.29, 0.717) is 12.4 Å². The molecule has 1 aromatic rings. The van der Waals surface area contributed by atoms with Gasteiger partial charge in [0.15, 0.2) is 5.76 Å². The summed E-state index contributed by atoms with van der Waals surface area (Å²) in [5.74, 6) is 1.01. The first kappa shape index (κ1) is 17.1. The Morgan fingerprint density at radius 3 is 2.96 bits per heavy atom. The molecule has 3 saturated heterocycles. The van der Waals surface area contributed by atoms with E-state index in [-0.39, 0.29) is 17.6 Å². The number of amides is 1. The Balaban J connectivity index is 1.30. The Bertz CT molecular complexity index is 570. The van der Waals surface area contributed by atoms with Crippen LogP contribution in [0.5, 0.6) is 0 Å². The second-order valence-electron chi connectivity index (χ2n) is 7.71. The number of hydrogen-bond donors (Lipinski definition) is 1. The maximum Gasteiger partial charge on any atom is 0.287 e. The molecule has 0 saturated carbocycles. The lowest BCUT2D eigenvalue weighted by Crippen LogP contribution is -2.50. The van der Waals surface area contributed by atoms with Crippen LogP contribution in [0.15, 0.2) is 22.8 Å². The van der Waals surface area contributed by atoms with Gasteiger partial charge in [-0.05, 0) is 50.2 Å². The molecule has 1 spiro atoms. The first-order chi connectivity index (χ1) is 12.2. The number of furan rings is 1. The van der Waals surface area contributed by atoms with Crippen LogP contribution in [0.4, 0.5) is 0 Å². The van der Waals surface area contributed by atoms with Gasteiger partial charge in [0.25, 0.3) is 5.91 Å². The molecule has 4 rings (SSSR count). The van der Waals surface area contributed by atoms with E-state index in [4.69, 9.17) is 13.9 Å². The lowest BCUT2D eigenvalue weighted by Gasteiger charge is -2.38. The number of carbonyl (C=O) groups is 1. The maximum atomic E-state index is 12.2. The molecule has 1 N–H and O–H groups in total. The van der Waals surface area contributed by atoms with Crippen molar-refractivity contribution in [3.63, 3.8) is 0 Å². The molecule has 138 valence electrons. The van der Waals surface area contributed by atoms with Gasteiger partial charge in [-0.1, -0.05) is 0 Å². The second kappa shape index (κ2) is 7.48. The van der Waals surface area contributed by atoms with Gasteiger partial charge in [0.1, 0.15) is 0 Å². The molecule has 0 aromatic carbocycles. The molecule has 2 atom stereocenters. The Morgan fingerprint density at radius 1 is 1.28 bits per heavy atom. The van der Waals surface area contributed by atoms with Gasteiger partial charge < -0.3 is 24.1 Å². The van der Waals surface area contributed by atoms with Crippen molar-refractivity contribution in [1.82, 2.24) is 10.2 Å². The second-order valence-corrected chi connectivity index (χ2v) is 7.71. The molecule has 3 aliphatic heterocycles. The van der Waals surface area contributed by atoms with Crippen molar-refractivity contribution in [1.29, 1.82) is 0 Å². The zero-order chi connectivity index (χ0) is 17.1. The minimum atomic E-state index is -0.121. The molecule has 0 aliphatic carbocycles. The van der Waals surface area contributed by atoms with Gasteiger partial charge in [-0.25, -0.2) is 0 Å². The van der Waals surface area contributed by atoms with E-state index in [9.17, 15) is 4.79 Å². The Labute approximate surface area is 148 Å². The molecule has 4 heterocycles. The fourth-order valence-corrected chi connectivity index (χ4v) is 4.48. The zero-order valence-corrected chi connectivity index (χ0v) is 14.7. The van der Waals surface area contributed by atoms with Crippen LogP contribution in [-0.2, 0) is 9.47 Å².